The van der Waals surface area contributed by atoms with Gasteiger partial charge in [0.1, 0.15) is 11.5 Å². The number of rotatable bonds is 1. The van der Waals surface area contributed by atoms with Crippen LogP contribution in [0, 0.1) is 6.92 Å². The molecule has 0 radical (unpaired) electrons. The summed E-state index contributed by atoms with van der Waals surface area (Å²) in [5.74, 6) is 1.63. The Bertz CT molecular complexity index is 654. The fraction of sp³-hybridized carbons (Fsp3) is 0.0833. The van der Waals surface area contributed by atoms with Crippen LogP contribution in [0.3, 0.4) is 0 Å². The Hall–Kier alpha value is -1.74. The largest absolute Gasteiger partial charge is 0.460 e. The summed E-state index contributed by atoms with van der Waals surface area (Å²) >= 11 is 6.05. The lowest BCUT2D eigenvalue weighted by Crippen LogP contribution is -1.80. The third kappa shape index (κ3) is 1.41. The van der Waals surface area contributed by atoms with Crippen LogP contribution in [0.4, 0.5) is 0 Å². The van der Waals surface area contributed by atoms with E-state index in [9.17, 15) is 0 Å². The van der Waals surface area contributed by atoms with Gasteiger partial charge >= 0.3 is 0 Å². The minimum absolute atomic E-state index is 0.636. The first-order valence-corrected chi connectivity index (χ1v) is 5.32. The first-order chi connectivity index (χ1) is 7.74. The van der Waals surface area contributed by atoms with E-state index in [1.807, 2.05) is 48.0 Å². The molecule has 0 unspecified atom stereocenters. The van der Waals surface area contributed by atoms with Crippen LogP contribution in [0.1, 0.15) is 5.76 Å². The molecule has 16 heavy (non-hydrogen) atoms. The second-order valence-corrected chi connectivity index (χ2v) is 4.03. The van der Waals surface area contributed by atoms with Crippen LogP contribution >= 0.6 is 11.6 Å². The zero-order chi connectivity index (χ0) is 11.1. The molecule has 0 aliphatic rings. The Morgan fingerprint density at radius 3 is 2.88 bits per heavy atom. The van der Waals surface area contributed by atoms with Gasteiger partial charge in [-0.2, -0.15) is 0 Å². The van der Waals surface area contributed by atoms with Crippen molar-refractivity contribution < 1.29 is 4.42 Å². The van der Waals surface area contributed by atoms with Crippen LogP contribution in [0.5, 0.6) is 0 Å². The molecule has 4 heteroatoms. The molecule has 3 aromatic rings. The molecule has 0 atom stereocenters. The standard InChI is InChI=1S/C12H9ClN2O/c1-8-4-5-11(16-8)10-7-15-6-2-3-9(13)12(15)14-10/h2-7H,1H3. The van der Waals surface area contributed by atoms with Crippen molar-refractivity contribution in [1.82, 2.24) is 9.38 Å². The van der Waals surface area contributed by atoms with Gasteiger partial charge in [-0.15, -0.1) is 0 Å². The average Bonchev–Trinajstić information content (AvgIpc) is 2.84. The predicted molar refractivity (Wildman–Crippen MR) is 62.6 cm³/mol. The SMILES string of the molecule is Cc1ccc(-c2cn3cccc(Cl)c3n2)o1. The summed E-state index contributed by atoms with van der Waals surface area (Å²) in [5, 5.41) is 0.636. The average molecular weight is 233 g/mol. The quantitative estimate of drug-likeness (QED) is 0.642. The number of hydrogen-bond acceptors (Lipinski definition) is 2. The lowest BCUT2D eigenvalue weighted by Gasteiger charge is -1.91. The summed E-state index contributed by atoms with van der Waals surface area (Å²) in [4.78, 5) is 4.43. The molecule has 0 N–H and O–H groups in total. The van der Waals surface area contributed by atoms with E-state index in [0.717, 1.165) is 22.9 Å². The Labute approximate surface area is 97.3 Å². The molecular weight excluding hydrogens is 224 g/mol. The van der Waals surface area contributed by atoms with Crippen molar-refractivity contribution >= 4 is 17.2 Å². The number of aromatic nitrogens is 2. The molecule has 3 aromatic heterocycles. The van der Waals surface area contributed by atoms with Gasteiger partial charge in [0.15, 0.2) is 11.4 Å². The third-order valence-corrected chi connectivity index (χ3v) is 2.72. The first kappa shape index (κ1) is 9.48. The minimum atomic E-state index is 0.636. The van der Waals surface area contributed by atoms with Crippen LogP contribution in [0.15, 0.2) is 41.1 Å². The van der Waals surface area contributed by atoms with Gasteiger partial charge < -0.3 is 8.82 Å². The summed E-state index contributed by atoms with van der Waals surface area (Å²) in [6, 6.07) is 7.53. The molecule has 3 nitrogen and oxygen atoms in total. The van der Waals surface area contributed by atoms with Gasteiger partial charge in [0.25, 0.3) is 0 Å². The lowest BCUT2D eigenvalue weighted by molar-refractivity contribution is 0.547. The van der Waals surface area contributed by atoms with E-state index in [1.54, 1.807) is 0 Å². The maximum absolute atomic E-state index is 6.05. The molecule has 3 heterocycles. The Morgan fingerprint density at radius 2 is 2.19 bits per heavy atom. The molecular formula is C12H9ClN2O. The van der Waals surface area contributed by atoms with E-state index in [2.05, 4.69) is 4.98 Å². The van der Waals surface area contributed by atoms with E-state index >= 15 is 0 Å². The van der Waals surface area contributed by atoms with Crippen LogP contribution in [-0.4, -0.2) is 9.38 Å². The number of furan rings is 1. The number of nitrogens with zero attached hydrogens (tertiary/aromatic N) is 2. The van der Waals surface area contributed by atoms with Gasteiger partial charge in [0.05, 0.1) is 5.02 Å². The van der Waals surface area contributed by atoms with Gasteiger partial charge in [0, 0.05) is 12.4 Å². The fourth-order valence-electron chi connectivity index (χ4n) is 1.67. The van der Waals surface area contributed by atoms with Crippen LogP contribution in [0.25, 0.3) is 17.1 Å². The van der Waals surface area contributed by atoms with Gasteiger partial charge in [-0.25, -0.2) is 4.98 Å². The highest BCUT2D eigenvalue weighted by Gasteiger charge is 2.09. The lowest BCUT2D eigenvalue weighted by atomic mass is 10.3. The number of fused-ring (bicyclic) bond motifs is 1. The molecule has 3 rings (SSSR count). The Kier molecular flexibility index (Phi) is 2.01. The summed E-state index contributed by atoms with van der Waals surface area (Å²) in [6.45, 7) is 1.91. The molecule has 0 spiro atoms. The summed E-state index contributed by atoms with van der Waals surface area (Å²) in [7, 11) is 0. The Balaban J connectivity index is 2.22. The molecule has 0 aliphatic heterocycles. The summed E-state index contributed by atoms with van der Waals surface area (Å²) in [6.07, 6.45) is 3.81. The Morgan fingerprint density at radius 1 is 1.31 bits per heavy atom. The van der Waals surface area contributed by atoms with Crippen LogP contribution in [-0.2, 0) is 0 Å². The van der Waals surface area contributed by atoms with E-state index < -0.39 is 0 Å². The third-order valence-electron chi connectivity index (χ3n) is 2.43. The topological polar surface area (TPSA) is 30.4 Å². The monoisotopic (exact) mass is 232 g/mol. The normalized spacial score (nSPS) is 11.1. The van der Waals surface area contributed by atoms with E-state index in [0.29, 0.717) is 5.02 Å². The zero-order valence-corrected chi connectivity index (χ0v) is 9.40. The zero-order valence-electron chi connectivity index (χ0n) is 8.64. The second-order valence-electron chi connectivity index (χ2n) is 3.62. The highest BCUT2D eigenvalue weighted by Crippen LogP contribution is 2.24. The van der Waals surface area contributed by atoms with Crippen LogP contribution in [0.2, 0.25) is 5.02 Å². The van der Waals surface area contributed by atoms with Crippen molar-refractivity contribution in [2.24, 2.45) is 0 Å². The molecule has 0 fully saturated rings. The predicted octanol–water partition coefficient (Wildman–Crippen LogP) is 3.56. The van der Waals surface area contributed by atoms with Crippen molar-refractivity contribution in [2.75, 3.05) is 0 Å². The van der Waals surface area contributed by atoms with Gasteiger partial charge in [-0.3, -0.25) is 0 Å². The van der Waals surface area contributed by atoms with Gasteiger partial charge in [-0.05, 0) is 31.2 Å². The van der Waals surface area contributed by atoms with Crippen LogP contribution < -0.4 is 0 Å². The van der Waals surface area contributed by atoms with Crippen molar-refractivity contribution in [1.29, 1.82) is 0 Å². The maximum Gasteiger partial charge on any atom is 0.156 e. The fourth-order valence-corrected chi connectivity index (χ4v) is 1.88. The van der Waals surface area contributed by atoms with Gasteiger partial charge in [0.2, 0.25) is 0 Å². The molecule has 0 aliphatic carbocycles. The minimum Gasteiger partial charge on any atom is -0.460 e. The first-order valence-electron chi connectivity index (χ1n) is 4.94. The number of pyridine rings is 1. The number of imidazole rings is 1. The number of halogens is 1. The summed E-state index contributed by atoms with van der Waals surface area (Å²) < 4.78 is 7.40. The molecule has 0 saturated carbocycles. The number of aryl methyl sites for hydroxylation is 1. The molecule has 0 bridgehead atoms. The van der Waals surface area contributed by atoms with Gasteiger partial charge in [-0.1, -0.05) is 11.6 Å². The highest BCUT2D eigenvalue weighted by atomic mass is 35.5. The van der Waals surface area contributed by atoms with E-state index in [1.165, 1.54) is 0 Å². The van der Waals surface area contributed by atoms with E-state index in [-0.39, 0.29) is 0 Å². The smallest absolute Gasteiger partial charge is 0.156 e. The molecule has 0 amide bonds. The van der Waals surface area contributed by atoms with Crippen molar-refractivity contribution in [3.05, 3.63) is 47.4 Å². The van der Waals surface area contributed by atoms with E-state index in [4.69, 9.17) is 16.0 Å². The molecule has 0 saturated heterocycles. The summed E-state index contributed by atoms with van der Waals surface area (Å²) in [5.41, 5.74) is 1.54. The maximum atomic E-state index is 6.05. The van der Waals surface area contributed by atoms with Crippen molar-refractivity contribution in [3.8, 4) is 11.5 Å². The highest BCUT2D eigenvalue weighted by molar-refractivity contribution is 6.33. The molecule has 0 aromatic carbocycles. The second kappa shape index (κ2) is 3.39. The number of hydrogen-bond donors (Lipinski definition) is 0. The van der Waals surface area contributed by atoms with Crippen molar-refractivity contribution in [2.45, 2.75) is 6.92 Å². The van der Waals surface area contributed by atoms with Crippen molar-refractivity contribution in [3.63, 3.8) is 0 Å². The molecule has 80 valence electrons.